The van der Waals surface area contributed by atoms with Crippen LogP contribution in [0.1, 0.15) is 48.5 Å². The van der Waals surface area contributed by atoms with Crippen LogP contribution in [0.25, 0.3) is 22.6 Å². The van der Waals surface area contributed by atoms with E-state index in [-0.39, 0.29) is 47.0 Å². The molecule has 1 aliphatic carbocycles. The summed E-state index contributed by atoms with van der Waals surface area (Å²) in [5.41, 5.74) is 0.374. The fourth-order valence-corrected chi connectivity index (χ4v) is 4.78. The molecule has 166 valence electrons. The Balaban J connectivity index is 1.57. The van der Waals surface area contributed by atoms with Gasteiger partial charge in [-0.2, -0.15) is 0 Å². The molecular formula is C24H23F2N3O3. The number of aliphatic hydroxyl groups is 1. The molecule has 1 atom stereocenters. The molecule has 1 N–H and O–H groups in total. The average Bonchev–Trinajstić information content (AvgIpc) is 3.35. The van der Waals surface area contributed by atoms with Gasteiger partial charge in [-0.15, -0.1) is 10.2 Å². The molecule has 2 aromatic carbocycles. The van der Waals surface area contributed by atoms with Crippen LogP contribution < -0.4 is 0 Å². The number of carbonyl (C=O) groups excluding carboxylic acids is 1. The van der Waals surface area contributed by atoms with Gasteiger partial charge < -0.3 is 14.4 Å². The molecule has 0 radical (unpaired) electrons. The average molecular weight is 439 g/mol. The number of amides is 1. The molecule has 1 aromatic heterocycles. The standard InChI is InChI=1S/C24H23F2N3O3/c1-12-27-28-22(32-12)14-6-7-17(19(26)9-14)18-10-16(25)8-15-11-29(23(30)20(15)18)21(13-4-5-13)24(2,3)31/h6-10,13,21,31H,4-5,11H2,1-3H3/t21-/m1/s1. The molecule has 5 rings (SSSR count). The van der Waals surface area contributed by atoms with Gasteiger partial charge in [-0.1, -0.05) is 6.07 Å². The highest BCUT2D eigenvalue weighted by Crippen LogP contribution is 2.44. The second-order valence-electron chi connectivity index (χ2n) is 9.18. The Kier molecular flexibility index (Phi) is 4.67. The maximum absolute atomic E-state index is 15.2. The first-order chi connectivity index (χ1) is 15.1. The number of hydrogen-bond acceptors (Lipinski definition) is 5. The first-order valence-electron chi connectivity index (χ1n) is 10.6. The highest BCUT2D eigenvalue weighted by molar-refractivity contribution is 6.05. The SMILES string of the molecule is Cc1nnc(-c2ccc(-c3cc(F)cc4c3C(=O)N([C@H](C3CC3)C(C)(C)O)C4)c(F)c2)o1. The van der Waals surface area contributed by atoms with Gasteiger partial charge in [-0.05, 0) is 62.4 Å². The van der Waals surface area contributed by atoms with E-state index < -0.39 is 17.2 Å². The van der Waals surface area contributed by atoms with Crippen LogP contribution >= 0.6 is 0 Å². The summed E-state index contributed by atoms with van der Waals surface area (Å²) in [6.07, 6.45) is 1.86. The fourth-order valence-electron chi connectivity index (χ4n) is 4.78. The van der Waals surface area contributed by atoms with Crippen LogP contribution in [0.4, 0.5) is 8.78 Å². The Morgan fingerprint density at radius 3 is 2.50 bits per heavy atom. The molecule has 6 nitrogen and oxygen atoms in total. The minimum absolute atomic E-state index is 0.113. The summed E-state index contributed by atoms with van der Waals surface area (Å²) in [6.45, 7) is 5.19. The fraction of sp³-hybridized carbons (Fsp3) is 0.375. The van der Waals surface area contributed by atoms with Crippen molar-refractivity contribution >= 4 is 5.91 Å². The molecule has 3 aromatic rings. The molecule has 0 spiro atoms. The number of rotatable bonds is 5. The molecular weight excluding hydrogens is 416 g/mol. The zero-order chi connectivity index (χ0) is 22.8. The smallest absolute Gasteiger partial charge is 0.255 e. The van der Waals surface area contributed by atoms with Gasteiger partial charge in [0.05, 0.1) is 17.2 Å². The monoisotopic (exact) mass is 439 g/mol. The van der Waals surface area contributed by atoms with Gasteiger partial charge >= 0.3 is 0 Å². The van der Waals surface area contributed by atoms with Gasteiger partial charge in [0.2, 0.25) is 11.8 Å². The minimum Gasteiger partial charge on any atom is -0.421 e. The van der Waals surface area contributed by atoms with Crippen molar-refractivity contribution in [2.24, 2.45) is 5.92 Å². The predicted octanol–water partition coefficient (Wildman–Crippen LogP) is 4.50. The zero-order valence-corrected chi connectivity index (χ0v) is 18.0. The van der Waals surface area contributed by atoms with Crippen molar-refractivity contribution in [2.45, 2.75) is 51.8 Å². The summed E-state index contributed by atoms with van der Waals surface area (Å²) in [5, 5.41) is 18.4. The van der Waals surface area contributed by atoms with E-state index in [9.17, 15) is 14.3 Å². The summed E-state index contributed by atoms with van der Waals surface area (Å²) in [7, 11) is 0. The van der Waals surface area contributed by atoms with Crippen LogP contribution in [0.3, 0.4) is 0 Å². The van der Waals surface area contributed by atoms with Crippen molar-refractivity contribution < 1.29 is 23.1 Å². The number of fused-ring (bicyclic) bond motifs is 1. The lowest BCUT2D eigenvalue weighted by molar-refractivity contribution is -0.0224. The Hall–Kier alpha value is -3.13. The molecule has 1 saturated carbocycles. The Morgan fingerprint density at radius 2 is 1.91 bits per heavy atom. The number of hydrogen-bond donors (Lipinski definition) is 1. The van der Waals surface area contributed by atoms with Gasteiger partial charge in [0.1, 0.15) is 11.6 Å². The van der Waals surface area contributed by atoms with Crippen LogP contribution in [0.15, 0.2) is 34.7 Å². The maximum atomic E-state index is 15.2. The van der Waals surface area contributed by atoms with E-state index in [4.69, 9.17) is 4.42 Å². The topological polar surface area (TPSA) is 79.5 Å². The minimum atomic E-state index is -1.10. The van der Waals surface area contributed by atoms with Crippen LogP contribution in [-0.4, -0.2) is 37.8 Å². The summed E-state index contributed by atoms with van der Waals surface area (Å²) in [6, 6.07) is 6.45. The van der Waals surface area contributed by atoms with Crippen molar-refractivity contribution in [3.8, 4) is 22.6 Å². The zero-order valence-electron chi connectivity index (χ0n) is 18.0. The lowest BCUT2D eigenvalue weighted by atomic mass is 9.92. The second-order valence-corrected chi connectivity index (χ2v) is 9.18. The molecule has 2 aliphatic rings. The Labute approximate surface area is 183 Å². The third kappa shape index (κ3) is 3.48. The second kappa shape index (κ2) is 7.20. The molecule has 32 heavy (non-hydrogen) atoms. The van der Waals surface area contributed by atoms with Gasteiger partial charge in [0.15, 0.2) is 0 Å². The van der Waals surface area contributed by atoms with E-state index >= 15 is 4.39 Å². The first-order valence-corrected chi connectivity index (χ1v) is 10.6. The molecule has 1 fully saturated rings. The molecule has 0 saturated heterocycles. The van der Waals surface area contributed by atoms with E-state index in [1.165, 1.54) is 24.3 Å². The molecule has 1 aliphatic heterocycles. The number of carbonyl (C=O) groups is 1. The quantitative estimate of drug-likeness (QED) is 0.634. The van der Waals surface area contributed by atoms with Gasteiger partial charge in [0, 0.05) is 30.2 Å². The molecule has 0 bridgehead atoms. The van der Waals surface area contributed by atoms with Gasteiger partial charge in [0.25, 0.3) is 5.91 Å². The number of halogens is 2. The maximum Gasteiger partial charge on any atom is 0.255 e. The van der Waals surface area contributed by atoms with Crippen molar-refractivity contribution in [2.75, 3.05) is 0 Å². The lowest BCUT2D eigenvalue weighted by Crippen LogP contribution is -2.51. The summed E-state index contributed by atoms with van der Waals surface area (Å²) in [5.74, 6) is -0.748. The van der Waals surface area contributed by atoms with Crippen molar-refractivity contribution in [1.29, 1.82) is 0 Å². The highest BCUT2D eigenvalue weighted by atomic mass is 19.1. The Morgan fingerprint density at radius 1 is 1.16 bits per heavy atom. The van der Waals surface area contributed by atoms with E-state index in [0.717, 1.165) is 12.8 Å². The number of aryl methyl sites for hydroxylation is 1. The van der Waals surface area contributed by atoms with E-state index in [1.807, 2.05) is 0 Å². The van der Waals surface area contributed by atoms with E-state index in [2.05, 4.69) is 10.2 Å². The molecule has 0 unspecified atom stereocenters. The lowest BCUT2D eigenvalue weighted by Gasteiger charge is -2.37. The van der Waals surface area contributed by atoms with Crippen LogP contribution in [0.5, 0.6) is 0 Å². The molecule has 8 heteroatoms. The predicted molar refractivity (Wildman–Crippen MR) is 113 cm³/mol. The molecule has 2 heterocycles. The number of benzene rings is 2. The number of aromatic nitrogens is 2. The van der Waals surface area contributed by atoms with Crippen molar-refractivity contribution in [3.05, 3.63) is 59.0 Å². The summed E-state index contributed by atoms with van der Waals surface area (Å²) >= 11 is 0. The largest absolute Gasteiger partial charge is 0.421 e. The normalized spacial score (nSPS) is 17.1. The number of nitrogens with zero attached hydrogens (tertiary/aromatic N) is 3. The van der Waals surface area contributed by atoms with Gasteiger partial charge in [-0.3, -0.25) is 4.79 Å². The van der Waals surface area contributed by atoms with Gasteiger partial charge in [-0.25, -0.2) is 8.78 Å². The van der Waals surface area contributed by atoms with Crippen molar-refractivity contribution in [3.63, 3.8) is 0 Å². The van der Waals surface area contributed by atoms with E-state index in [1.54, 1.807) is 31.7 Å². The highest BCUT2D eigenvalue weighted by Gasteiger charge is 2.48. The van der Waals surface area contributed by atoms with Crippen LogP contribution in [-0.2, 0) is 6.54 Å². The van der Waals surface area contributed by atoms with Crippen LogP contribution in [0.2, 0.25) is 0 Å². The third-order valence-corrected chi connectivity index (χ3v) is 6.16. The van der Waals surface area contributed by atoms with Crippen molar-refractivity contribution in [1.82, 2.24) is 15.1 Å². The van der Waals surface area contributed by atoms with Crippen LogP contribution in [0, 0.1) is 24.5 Å². The first kappa shape index (κ1) is 20.8. The third-order valence-electron chi connectivity index (χ3n) is 6.16. The summed E-state index contributed by atoms with van der Waals surface area (Å²) < 4.78 is 35.0. The Bertz CT molecular complexity index is 1230. The molecule has 1 amide bonds. The summed E-state index contributed by atoms with van der Waals surface area (Å²) in [4.78, 5) is 15.1. The van der Waals surface area contributed by atoms with E-state index in [0.29, 0.717) is 17.0 Å².